The molecule has 1 amide bonds. The van der Waals surface area contributed by atoms with Gasteiger partial charge in [-0.1, -0.05) is 18.2 Å². The van der Waals surface area contributed by atoms with Crippen LogP contribution in [0.4, 0.5) is 15.9 Å². The van der Waals surface area contributed by atoms with Gasteiger partial charge < -0.3 is 15.4 Å². The van der Waals surface area contributed by atoms with Crippen LogP contribution in [-0.4, -0.2) is 23.5 Å². The summed E-state index contributed by atoms with van der Waals surface area (Å²) in [7, 11) is 0. The summed E-state index contributed by atoms with van der Waals surface area (Å²) in [5, 5.41) is 5.77. The second kappa shape index (κ2) is 9.45. The van der Waals surface area contributed by atoms with Gasteiger partial charge in [-0.2, -0.15) is 0 Å². The number of aromatic nitrogens is 1. The maximum absolute atomic E-state index is 13.7. The van der Waals surface area contributed by atoms with Crippen LogP contribution in [0.2, 0.25) is 0 Å². The van der Waals surface area contributed by atoms with Gasteiger partial charge in [0.2, 0.25) is 0 Å². The normalized spacial score (nSPS) is 10.3. The van der Waals surface area contributed by atoms with Gasteiger partial charge in [0.25, 0.3) is 5.91 Å². The number of ether oxygens (including phenoxy) is 1. The summed E-state index contributed by atoms with van der Waals surface area (Å²) < 4.78 is 18.6. The third-order valence-electron chi connectivity index (χ3n) is 4.09. The number of halogens is 1. The van der Waals surface area contributed by atoms with Crippen molar-refractivity contribution in [1.29, 1.82) is 0 Å². The predicted octanol–water partition coefficient (Wildman–Crippen LogP) is 4.26. The maximum Gasteiger partial charge on any atom is 0.338 e. The summed E-state index contributed by atoms with van der Waals surface area (Å²) in [5.74, 6) is -0.589. The molecule has 1 heterocycles. The van der Waals surface area contributed by atoms with Gasteiger partial charge in [-0.3, -0.25) is 4.79 Å². The van der Waals surface area contributed by atoms with E-state index in [1.54, 1.807) is 61.5 Å². The number of nitrogens with one attached hydrogen (secondary N) is 2. The smallest absolute Gasteiger partial charge is 0.338 e. The van der Waals surface area contributed by atoms with Gasteiger partial charge in [0, 0.05) is 29.6 Å². The van der Waals surface area contributed by atoms with E-state index in [2.05, 4.69) is 15.6 Å². The first-order valence-corrected chi connectivity index (χ1v) is 9.08. The van der Waals surface area contributed by atoms with Gasteiger partial charge in [-0.15, -0.1) is 0 Å². The van der Waals surface area contributed by atoms with Crippen LogP contribution >= 0.6 is 0 Å². The summed E-state index contributed by atoms with van der Waals surface area (Å²) in [5.41, 5.74) is 1.85. The Morgan fingerprint density at radius 1 is 1.03 bits per heavy atom. The van der Waals surface area contributed by atoms with Crippen molar-refractivity contribution in [3.05, 3.63) is 89.4 Å². The van der Waals surface area contributed by atoms with Gasteiger partial charge in [0.15, 0.2) is 0 Å². The zero-order valence-electron chi connectivity index (χ0n) is 15.8. The third-order valence-corrected chi connectivity index (χ3v) is 4.09. The Morgan fingerprint density at radius 3 is 2.52 bits per heavy atom. The first-order valence-electron chi connectivity index (χ1n) is 9.08. The second-order valence-electron chi connectivity index (χ2n) is 6.13. The van der Waals surface area contributed by atoms with Crippen LogP contribution in [0.25, 0.3) is 0 Å². The molecule has 0 aliphatic heterocycles. The van der Waals surface area contributed by atoms with Crippen LogP contribution in [0, 0.1) is 5.82 Å². The number of nitrogens with zero attached hydrogens (tertiary/aromatic N) is 1. The molecule has 148 valence electrons. The molecule has 0 spiro atoms. The van der Waals surface area contributed by atoms with Gasteiger partial charge in [0.1, 0.15) is 11.6 Å². The van der Waals surface area contributed by atoms with Crippen molar-refractivity contribution < 1.29 is 18.7 Å². The van der Waals surface area contributed by atoms with E-state index < -0.39 is 5.97 Å². The van der Waals surface area contributed by atoms with Gasteiger partial charge in [0.05, 0.1) is 12.2 Å². The topological polar surface area (TPSA) is 80.3 Å². The Bertz CT molecular complexity index is 1010. The van der Waals surface area contributed by atoms with Crippen LogP contribution in [-0.2, 0) is 11.3 Å². The van der Waals surface area contributed by atoms with Crippen LogP contribution in [0.15, 0.2) is 66.9 Å². The molecule has 0 saturated carbocycles. The monoisotopic (exact) mass is 393 g/mol. The number of benzene rings is 2. The lowest BCUT2D eigenvalue weighted by atomic mass is 10.2. The van der Waals surface area contributed by atoms with Crippen LogP contribution < -0.4 is 10.6 Å². The lowest BCUT2D eigenvalue weighted by Gasteiger charge is -2.09. The zero-order valence-corrected chi connectivity index (χ0v) is 15.8. The Morgan fingerprint density at radius 2 is 1.79 bits per heavy atom. The number of carbonyl (C=O) groups is 2. The lowest BCUT2D eigenvalue weighted by molar-refractivity contribution is 0.0526. The fourth-order valence-electron chi connectivity index (χ4n) is 2.60. The SMILES string of the molecule is CCOC(=O)c1ccc(NC(=O)c2ccnc(NCc3ccccc3F)c2)cc1. The van der Waals surface area contributed by atoms with Crippen molar-refractivity contribution in [3.8, 4) is 0 Å². The summed E-state index contributed by atoms with van der Waals surface area (Å²) in [4.78, 5) is 28.3. The Balaban J connectivity index is 1.63. The highest BCUT2D eigenvalue weighted by Gasteiger charge is 2.10. The Labute approximate surface area is 167 Å². The van der Waals surface area contributed by atoms with Crippen molar-refractivity contribution >= 4 is 23.4 Å². The number of hydrogen-bond donors (Lipinski definition) is 2. The van der Waals surface area contributed by atoms with E-state index >= 15 is 0 Å². The molecule has 0 atom stereocenters. The Kier molecular flexibility index (Phi) is 6.52. The quantitative estimate of drug-likeness (QED) is 0.586. The largest absolute Gasteiger partial charge is 0.462 e. The third kappa shape index (κ3) is 5.38. The summed E-state index contributed by atoms with van der Waals surface area (Å²) in [6.45, 7) is 2.29. The van der Waals surface area contributed by atoms with E-state index in [0.717, 1.165) is 0 Å². The standard InChI is InChI=1S/C22H20FN3O3/c1-2-29-22(28)15-7-9-18(10-8-15)26-21(27)16-11-12-24-20(13-16)25-14-17-5-3-4-6-19(17)23/h3-13H,2,14H2,1H3,(H,24,25)(H,26,27). The average molecular weight is 393 g/mol. The van der Waals surface area contributed by atoms with Crippen molar-refractivity contribution in [2.45, 2.75) is 13.5 Å². The Hall–Kier alpha value is -3.74. The number of esters is 1. The molecule has 0 bridgehead atoms. The molecular formula is C22H20FN3O3. The molecule has 2 aromatic carbocycles. The zero-order chi connectivity index (χ0) is 20.6. The van der Waals surface area contributed by atoms with E-state index in [-0.39, 0.29) is 18.3 Å². The van der Waals surface area contributed by atoms with E-state index in [9.17, 15) is 14.0 Å². The fourth-order valence-corrected chi connectivity index (χ4v) is 2.60. The number of carbonyl (C=O) groups excluding carboxylic acids is 2. The minimum absolute atomic E-state index is 0.250. The molecule has 6 nitrogen and oxygen atoms in total. The molecule has 0 fully saturated rings. The van der Waals surface area contributed by atoms with Crippen molar-refractivity contribution in [2.24, 2.45) is 0 Å². The summed E-state index contributed by atoms with van der Waals surface area (Å²) >= 11 is 0. The highest BCUT2D eigenvalue weighted by molar-refractivity contribution is 6.04. The van der Waals surface area contributed by atoms with E-state index in [4.69, 9.17) is 4.74 Å². The second-order valence-corrected chi connectivity index (χ2v) is 6.13. The molecule has 3 rings (SSSR count). The lowest BCUT2D eigenvalue weighted by Crippen LogP contribution is -2.13. The molecule has 0 radical (unpaired) electrons. The van der Waals surface area contributed by atoms with Crippen molar-refractivity contribution in [3.63, 3.8) is 0 Å². The number of amides is 1. The molecule has 3 aromatic rings. The van der Waals surface area contributed by atoms with Gasteiger partial charge in [-0.25, -0.2) is 14.2 Å². The number of pyridine rings is 1. The molecule has 0 unspecified atom stereocenters. The molecule has 7 heteroatoms. The summed E-state index contributed by atoms with van der Waals surface area (Å²) in [6.07, 6.45) is 1.50. The molecule has 0 saturated heterocycles. The van der Waals surface area contributed by atoms with E-state index in [1.165, 1.54) is 12.3 Å². The van der Waals surface area contributed by atoms with Gasteiger partial charge >= 0.3 is 5.97 Å². The van der Waals surface area contributed by atoms with Crippen LogP contribution in [0.3, 0.4) is 0 Å². The number of rotatable bonds is 7. The first-order chi connectivity index (χ1) is 14.1. The molecule has 0 aliphatic carbocycles. The van der Waals surface area contributed by atoms with E-state index in [1.807, 2.05) is 0 Å². The van der Waals surface area contributed by atoms with Crippen molar-refractivity contribution in [2.75, 3.05) is 17.2 Å². The molecule has 29 heavy (non-hydrogen) atoms. The van der Waals surface area contributed by atoms with Crippen molar-refractivity contribution in [1.82, 2.24) is 4.98 Å². The van der Waals surface area contributed by atoms with Crippen LogP contribution in [0.1, 0.15) is 33.2 Å². The number of hydrogen-bond acceptors (Lipinski definition) is 5. The average Bonchev–Trinajstić information content (AvgIpc) is 2.74. The van der Waals surface area contributed by atoms with Gasteiger partial charge in [-0.05, 0) is 49.4 Å². The highest BCUT2D eigenvalue weighted by Crippen LogP contribution is 2.15. The predicted molar refractivity (Wildman–Crippen MR) is 108 cm³/mol. The summed E-state index contributed by atoms with van der Waals surface area (Å²) in [6, 6.07) is 16.0. The molecule has 1 aromatic heterocycles. The number of anilines is 2. The molecule has 2 N–H and O–H groups in total. The van der Waals surface area contributed by atoms with E-state index in [0.29, 0.717) is 34.8 Å². The molecule has 0 aliphatic rings. The fraction of sp³-hybridized carbons (Fsp3) is 0.136. The first kappa shape index (κ1) is 20.0. The minimum atomic E-state index is -0.412. The van der Waals surface area contributed by atoms with Crippen LogP contribution in [0.5, 0.6) is 0 Å². The maximum atomic E-state index is 13.7. The molecular weight excluding hydrogens is 373 g/mol. The minimum Gasteiger partial charge on any atom is -0.462 e. The highest BCUT2D eigenvalue weighted by atomic mass is 19.1.